The van der Waals surface area contributed by atoms with Gasteiger partial charge in [0.05, 0.1) is 0 Å². The van der Waals surface area contributed by atoms with Gasteiger partial charge in [-0.3, -0.25) is 0 Å². The second-order valence-corrected chi connectivity index (χ2v) is 5.27. The van der Waals surface area contributed by atoms with Gasteiger partial charge >= 0.3 is 0 Å². The van der Waals surface area contributed by atoms with Crippen LogP contribution < -0.4 is 0 Å². The maximum absolute atomic E-state index is 2.48. The van der Waals surface area contributed by atoms with Gasteiger partial charge in [0, 0.05) is 0 Å². The first-order valence-corrected chi connectivity index (χ1v) is 6.14. The van der Waals surface area contributed by atoms with Crippen LogP contribution >= 0.6 is 0 Å². The third-order valence-corrected chi connectivity index (χ3v) is 4.25. The highest BCUT2D eigenvalue weighted by Gasteiger charge is 2.43. The molecule has 78 valence electrons. The van der Waals surface area contributed by atoms with E-state index in [-0.39, 0.29) is 0 Å². The fourth-order valence-corrected chi connectivity index (χ4v) is 3.18. The molecule has 0 spiro atoms. The van der Waals surface area contributed by atoms with E-state index >= 15 is 0 Å². The first kappa shape index (κ1) is 11.1. The molecule has 0 N–H and O–H groups in total. The lowest BCUT2D eigenvalue weighted by molar-refractivity contribution is -0.00149. The molecule has 0 aromatic heterocycles. The predicted octanol–water partition coefficient (Wildman–Crippen LogP) is 4.64. The molecule has 1 fully saturated rings. The van der Waals surface area contributed by atoms with E-state index in [0.29, 0.717) is 0 Å². The normalized spacial score (nSPS) is 35.5. The van der Waals surface area contributed by atoms with Crippen LogP contribution in [0.15, 0.2) is 0 Å². The minimum absolute atomic E-state index is 0.745. The Balaban J connectivity index is 2.38. The molecule has 1 unspecified atom stereocenters. The molecule has 0 aromatic rings. The third kappa shape index (κ3) is 2.27. The molecule has 0 aromatic carbocycles. The molecule has 13 heavy (non-hydrogen) atoms. The number of hydrogen-bond acceptors (Lipinski definition) is 0. The van der Waals surface area contributed by atoms with E-state index in [1.807, 2.05) is 0 Å². The molecule has 0 saturated heterocycles. The highest BCUT2D eigenvalue weighted by atomic mass is 14.5. The smallest absolute Gasteiger partial charge is 0.0269 e. The summed E-state index contributed by atoms with van der Waals surface area (Å²) in [7, 11) is 0. The van der Waals surface area contributed by atoms with Crippen molar-refractivity contribution in [3.8, 4) is 0 Å². The summed E-state index contributed by atoms with van der Waals surface area (Å²) in [6.45, 7) is 9.56. The van der Waals surface area contributed by atoms with Crippen molar-refractivity contribution in [2.75, 3.05) is 0 Å². The lowest BCUT2D eigenvalue weighted by Gasteiger charge is -2.51. The second kappa shape index (κ2) is 4.48. The molecule has 1 aliphatic rings. The molecule has 1 aliphatic carbocycles. The van der Waals surface area contributed by atoms with Crippen molar-refractivity contribution in [3.63, 3.8) is 0 Å². The number of unbranched alkanes of at least 4 members (excludes halogenated alkanes) is 1. The molecule has 0 aliphatic heterocycles. The van der Waals surface area contributed by atoms with Gasteiger partial charge in [-0.2, -0.15) is 0 Å². The zero-order valence-electron chi connectivity index (χ0n) is 9.90. The van der Waals surface area contributed by atoms with Crippen LogP contribution in [0.3, 0.4) is 0 Å². The Labute approximate surface area is 84.1 Å². The Hall–Kier alpha value is 0. The summed E-state index contributed by atoms with van der Waals surface area (Å²) in [6, 6.07) is 0. The fourth-order valence-electron chi connectivity index (χ4n) is 3.18. The van der Waals surface area contributed by atoms with Crippen LogP contribution in [0.4, 0.5) is 0 Å². The molecule has 1 atom stereocenters. The van der Waals surface area contributed by atoms with Gasteiger partial charge in [-0.05, 0) is 30.1 Å². The standard InChI is InChI=1S/C13H26/c1-5-7-8-12(4)13(6-2)9-11(3)10-13/h11-12H,5-10H2,1-4H3. The Morgan fingerprint density at radius 2 is 1.92 bits per heavy atom. The topological polar surface area (TPSA) is 0 Å². The third-order valence-electron chi connectivity index (χ3n) is 4.25. The Kier molecular flexibility index (Phi) is 3.82. The van der Waals surface area contributed by atoms with Crippen LogP contribution in [-0.2, 0) is 0 Å². The van der Waals surface area contributed by atoms with Gasteiger partial charge in [-0.25, -0.2) is 0 Å². The molecule has 0 bridgehead atoms. The molecular weight excluding hydrogens is 156 g/mol. The highest BCUT2D eigenvalue weighted by Crippen LogP contribution is 2.54. The van der Waals surface area contributed by atoms with E-state index in [1.165, 1.54) is 38.5 Å². The van der Waals surface area contributed by atoms with Crippen LogP contribution in [0.25, 0.3) is 0 Å². The monoisotopic (exact) mass is 182 g/mol. The van der Waals surface area contributed by atoms with Gasteiger partial charge in [-0.15, -0.1) is 0 Å². The lowest BCUT2D eigenvalue weighted by Crippen LogP contribution is -2.40. The van der Waals surface area contributed by atoms with E-state index < -0.39 is 0 Å². The maximum Gasteiger partial charge on any atom is -0.0269 e. The van der Waals surface area contributed by atoms with Crippen molar-refractivity contribution in [1.82, 2.24) is 0 Å². The van der Waals surface area contributed by atoms with Crippen molar-refractivity contribution in [3.05, 3.63) is 0 Å². The van der Waals surface area contributed by atoms with Crippen molar-refractivity contribution in [1.29, 1.82) is 0 Å². The largest absolute Gasteiger partial charge is 0.0654 e. The van der Waals surface area contributed by atoms with E-state index in [1.54, 1.807) is 0 Å². The highest BCUT2D eigenvalue weighted by molar-refractivity contribution is 4.94. The Morgan fingerprint density at radius 1 is 1.31 bits per heavy atom. The van der Waals surface area contributed by atoms with Gasteiger partial charge in [0.2, 0.25) is 0 Å². The molecule has 1 saturated carbocycles. The molecule has 0 amide bonds. The van der Waals surface area contributed by atoms with E-state index in [9.17, 15) is 0 Å². The molecule has 1 rings (SSSR count). The summed E-state index contributed by atoms with van der Waals surface area (Å²) < 4.78 is 0. The average molecular weight is 182 g/mol. The van der Waals surface area contributed by atoms with Crippen molar-refractivity contribution >= 4 is 0 Å². The SMILES string of the molecule is CCCCC(C)C1(CC)CC(C)C1. The molecule has 0 heterocycles. The van der Waals surface area contributed by atoms with E-state index in [0.717, 1.165) is 17.3 Å². The van der Waals surface area contributed by atoms with Crippen LogP contribution in [0, 0.1) is 17.3 Å². The molecule has 0 nitrogen and oxygen atoms in total. The number of hydrogen-bond donors (Lipinski definition) is 0. The van der Waals surface area contributed by atoms with Crippen LogP contribution in [0.5, 0.6) is 0 Å². The summed E-state index contributed by atoms with van der Waals surface area (Å²) in [4.78, 5) is 0. The lowest BCUT2D eigenvalue weighted by atomic mass is 9.55. The van der Waals surface area contributed by atoms with Gasteiger partial charge in [-0.1, -0.05) is 53.4 Å². The minimum Gasteiger partial charge on any atom is -0.0654 e. The molecule has 0 heteroatoms. The summed E-state index contributed by atoms with van der Waals surface area (Å²) >= 11 is 0. The van der Waals surface area contributed by atoms with Gasteiger partial charge in [0.15, 0.2) is 0 Å². The predicted molar refractivity (Wildman–Crippen MR) is 59.8 cm³/mol. The summed E-state index contributed by atoms with van der Waals surface area (Å²) in [6.07, 6.45) is 8.64. The first-order chi connectivity index (χ1) is 6.14. The van der Waals surface area contributed by atoms with Crippen molar-refractivity contribution in [2.24, 2.45) is 17.3 Å². The molecule has 0 radical (unpaired) electrons. The van der Waals surface area contributed by atoms with Crippen LogP contribution in [0.1, 0.15) is 66.2 Å². The van der Waals surface area contributed by atoms with Gasteiger partial charge in [0.1, 0.15) is 0 Å². The number of rotatable bonds is 5. The van der Waals surface area contributed by atoms with Gasteiger partial charge < -0.3 is 0 Å². The quantitative estimate of drug-likeness (QED) is 0.581. The fraction of sp³-hybridized carbons (Fsp3) is 1.00. The zero-order chi connectivity index (χ0) is 9.90. The minimum atomic E-state index is 0.745. The maximum atomic E-state index is 2.48. The first-order valence-electron chi connectivity index (χ1n) is 6.14. The van der Waals surface area contributed by atoms with Gasteiger partial charge in [0.25, 0.3) is 0 Å². The average Bonchev–Trinajstić information content (AvgIpc) is 2.08. The van der Waals surface area contributed by atoms with E-state index in [2.05, 4.69) is 27.7 Å². The van der Waals surface area contributed by atoms with Crippen molar-refractivity contribution in [2.45, 2.75) is 66.2 Å². The molecular formula is C13H26. The summed E-state index contributed by atoms with van der Waals surface area (Å²) in [5.41, 5.74) is 0.745. The van der Waals surface area contributed by atoms with E-state index in [4.69, 9.17) is 0 Å². The second-order valence-electron chi connectivity index (χ2n) is 5.27. The summed E-state index contributed by atoms with van der Waals surface area (Å²) in [5, 5.41) is 0. The zero-order valence-corrected chi connectivity index (χ0v) is 9.90. The van der Waals surface area contributed by atoms with Crippen LogP contribution in [0.2, 0.25) is 0 Å². The van der Waals surface area contributed by atoms with Crippen LogP contribution in [-0.4, -0.2) is 0 Å². The van der Waals surface area contributed by atoms with Crippen molar-refractivity contribution < 1.29 is 0 Å². The summed E-state index contributed by atoms with van der Waals surface area (Å²) in [5.74, 6) is 1.97. The Morgan fingerprint density at radius 3 is 2.31 bits per heavy atom. The Bertz CT molecular complexity index is 142.